The Hall–Kier alpha value is -2.63. The van der Waals surface area contributed by atoms with Gasteiger partial charge in [-0.3, -0.25) is 4.40 Å². The Bertz CT molecular complexity index is 779. The standard InChI is InChI=1S/C13H12N4O2/c1-14-12-11-6-15-7-17(11)10-5-8(13(18)19-2)3-4-9(10)16-12/h3-7H,1-2H3,(H,14,16). The number of nitrogens with zero attached hydrogens (tertiary/aromatic N) is 3. The van der Waals surface area contributed by atoms with Crippen molar-refractivity contribution in [2.24, 2.45) is 0 Å². The molecule has 3 rings (SSSR count). The molecule has 6 nitrogen and oxygen atoms in total. The van der Waals surface area contributed by atoms with E-state index in [1.807, 2.05) is 11.4 Å². The van der Waals surface area contributed by atoms with Crippen LogP contribution < -0.4 is 5.32 Å². The zero-order chi connectivity index (χ0) is 13.4. The Morgan fingerprint density at radius 2 is 2.21 bits per heavy atom. The summed E-state index contributed by atoms with van der Waals surface area (Å²) >= 11 is 0. The number of hydrogen-bond acceptors (Lipinski definition) is 5. The highest BCUT2D eigenvalue weighted by Gasteiger charge is 2.11. The molecule has 0 atom stereocenters. The monoisotopic (exact) mass is 256 g/mol. The lowest BCUT2D eigenvalue weighted by Crippen LogP contribution is -2.03. The molecule has 0 bridgehead atoms. The third-order valence-corrected chi connectivity index (χ3v) is 3.01. The summed E-state index contributed by atoms with van der Waals surface area (Å²) in [6, 6.07) is 5.24. The van der Waals surface area contributed by atoms with Gasteiger partial charge in [0, 0.05) is 7.05 Å². The van der Waals surface area contributed by atoms with Crippen molar-refractivity contribution in [1.29, 1.82) is 0 Å². The number of nitrogens with one attached hydrogen (secondary N) is 1. The van der Waals surface area contributed by atoms with Crippen LogP contribution in [0, 0.1) is 0 Å². The van der Waals surface area contributed by atoms with Gasteiger partial charge in [-0.2, -0.15) is 0 Å². The highest BCUT2D eigenvalue weighted by atomic mass is 16.5. The van der Waals surface area contributed by atoms with Gasteiger partial charge < -0.3 is 10.1 Å². The predicted molar refractivity (Wildman–Crippen MR) is 71.4 cm³/mol. The smallest absolute Gasteiger partial charge is 0.337 e. The van der Waals surface area contributed by atoms with Gasteiger partial charge in [0.05, 0.1) is 36.2 Å². The zero-order valence-corrected chi connectivity index (χ0v) is 10.5. The van der Waals surface area contributed by atoms with Crippen molar-refractivity contribution in [3.05, 3.63) is 36.3 Å². The maximum atomic E-state index is 11.6. The summed E-state index contributed by atoms with van der Waals surface area (Å²) in [5.74, 6) is 0.378. The van der Waals surface area contributed by atoms with E-state index in [-0.39, 0.29) is 5.97 Å². The minimum Gasteiger partial charge on any atom is -0.465 e. The Morgan fingerprint density at radius 1 is 1.37 bits per heavy atom. The normalized spacial score (nSPS) is 10.8. The van der Waals surface area contributed by atoms with E-state index in [0.717, 1.165) is 22.4 Å². The summed E-state index contributed by atoms with van der Waals surface area (Å²) in [5, 5.41) is 3.03. The number of anilines is 1. The zero-order valence-electron chi connectivity index (χ0n) is 10.5. The lowest BCUT2D eigenvalue weighted by molar-refractivity contribution is 0.0601. The van der Waals surface area contributed by atoms with Gasteiger partial charge in [0.15, 0.2) is 5.82 Å². The fourth-order valence-electron chi connectivity index (χ4n) is 2.08. The van der Waals surface area contributed by atoms with Crippen molar-refractivity contribution in [2.45, 2.75) is 0 Å². The van der Waals surface area contributed by atoms with Crippen molar-refractivity contribution in [3.63, 3.8) is 0 Å². The number of carbonyl (C=O) groups is 1. The van der Waals surface area contributed by atoms with E-state index in [1.165, 1.54) is 7.11 Å². The SMILES string of the molecule is CNc1nc2ccc(C(=O)OC)cc2n2cncc12. The van der Waals surface area contributed by atoms with Crippen molar-refractivity contribution in [3.8, 4) is 0 Å². The second-order valence-corrected chi connectivity index (χ2v) is 4.05. The summed E-state index contributed by atoms with van der Waals surface area (Å²) in [6.07, 6.45) is 3.42. The van der Waals surface area contributed by atoms with Crippen molar-refractivity contribution in [1.82, 2.24) is 14.4 Å². The number of aromatic nitrogens is 3. The third-order valence-electron chi connectivity index (χ3n) is 3.01. The third kappa shape index (κ3) is 1.69. The maximum absolute atomic E-state index is 11.6. The minimum absolute atomic E-state index is 0.368. The molecule has 0 aliphatic heterocycles. The summed E-state index contributed by atoms with van der Waals surface area (Å²) in [5.41, 5.74) is 2.94. The lowest BCUT2D eigenvalue weighted by atomic mass is 10.2. The molecular weight excluding hydrogens is 244 g/mol. The fraction of sp³-hybridized carbons (Fsp3) is 0.154. The Labute approximate surface area is 109 Å². The maximum Gasteiger partial charge on any atom is 0.337 e. The van der Waals surface area contributed by atoms with Crippen LogP contribution in [0.5, 0.6) is 0 Å². The molecule has 1 aromatic carbocycles. The van der Waals surface area contributed by atoms with Gasteiger partial charge in [0.2, 0.25) is 0 Å². The van der Waals surface area contributed by atoms with Gasteiger partial charge in [-0.25, -0.2) is 14.8 Å². The Kier molecular flexibility index (Phi) is 2.56. The predicted octanol–water partition coefficient (Wildman–Crippen LogP) is 1.71. The first-order valence-corrected chi connectivity index (χ1v) is 5.76. The van der Waals surface area contributed by atoms with Crippen LogP contribution in [0.25, 0.3) is 16.6 Å². The molecule has 3 aromatic rings. The molecule has 0 fully saturated rings. The topological polar surface area (TPSA) is 68.5 Å². The average molecular weight is 256 g/mol. The van der Waals surface area contributed by atoms with Crippen molar-refractivity contribution in [2.75, 3.05) is 19.5 Å². The Balaban J connectivity index is 2.36. The van der Waals surface area contributed by atoms with Crippen LogP contribution in [-0.2, 0) is 4.74 Å². The molecular formula is C13H12N4O2. The number of carbonyl (C=O) groups excluding carboxylic acids is 1. The fourth-order valence-corrected chi connectivity index (χ4v) is 2.08. The van der Waals surface area contributed by atoms with E-state index in [1.54, 1.807) is 30.7 Å². The molecule has 96 valence electrons. The molecule has 1 N–H and O–H groups in total. The van der Waals surface area contributed by atoms with Crippen LogP contribution in [0.3, 0.4) is 0 Å². The summed E-state index contributed by atoms with van der Waals surface area (Å²) in [4.78, 5) is 20.2. The first kappa shape index (κ1) is 11.5. The number of hydrogen-bond donors (Lipinski definition) is 1. The molecule has 2 heterocycles. The van der Waals surface area contributed by atoms with E-state index in [2.05, 4.69) is 15.3 Å². The molecule has 0 saturated carbocycles. The number of benzene rings is 1. The second-order valence-electron chi connectivity index (χ2n) is 4.05. The lowest BCUT2D eigenvalue weighted by Gasteiger charge is -2.08. The second kappa shape index (κ2) is 4.24. The van der Waals surface area contributed by atoms with E-state index >= 15 is 0 Å². The first-order valence-electron chi connectivity index (χ1n) is 5.76. The molecule has 0 spiro atoms. The van der Waals surface area contributed by atoms with Gasteiger partial charge in [-0.1, -0.05) is 0 Å². The van der Waals surface area contributed by atoms with E-state index in [9.17, 15) is 4.79 Å². The first-order chi connectivity index (χ1) is 9.24. The molecule has 0 unspecified atom stereocenters. The van der Waals surface area contributed by atoms with Crippen LogP contribution in [0.2, 0.25) is 0 Å². The molecule has 2 aromatic heterocycles. The van der Waals surface area contributed by atoms with Gasteiger partial charge >= 0.3 is 5.97 Å². The summed E-state index contributed by atoms with van der Waals surface area (Å²) in [7, 11) is 3.17. The molecule has 0 radical (unpaired) electrons. The van der Waals surface area contributed by atoms with Crippen molar-refractivity contribution < 1.29 is 9.53 Å². The molecule has 0 amide bonds. The van der Waals surface area contributed by atoms with Crippen LogP contribution in [0.1, 0.15) is 10.4 Å². The Morgan fingerprint density at radius 3 is 2.95 bits per heavy atom. The number of fused-ring (bicyclic) bond motifs is 3. The number of methoxy groups -OCH3 is 1. The number of esters is 1. The van der Waals surface area contributed by atoms with E-state index in [4.69, 9.17) is 4.74 Å². The van der Waals surface area contributed by atoms with Gasteiger partial charge in [0.1, 0.15) is 5.52 Å². The molecule has 0 aliphatic rings. The largest absolute Gasteiger partial charge is 0.465 e. The number of rotatable bonds is 2. The molecule has 6 heteroatoms. The summed E-state index contributed by atoms with van der Waals surface area (Å²) < 4.78 is 6.62. The highest BCUT2D eigenvalue weighted by Crippen LogP contribution is 2.22. The average Bonchev–Trinajstić information content (AvgIpc) is 2.94. The van der Waals surface area contributed by atoms with Crippen LogP contribution >= 0.6 is 0 Å². The molecule has 19 heavy (non-hydrogen) atoms. The van der Waals surface area contributed by atoms with Crippen LogP contribution in [0.4, 0.5) is 5.82 Å². The molecule has 0 aliphatic carbocycles. The van der Waals surface area contributed by atoms with Crippen LogP contribution in [-0.4, -0.2) is 34.5 Å². The van der Waals surface area contributed by atoms with Crippen LogP contribution in [0.15, 0.2) is 30.7 Å². The minimum atomic E-state index is -0.368. The molecule has 0 saturated heterocycles. The van der Waals surface area contributed by atoms with Gasteiger partial charge in [-0.05, 0) is 18.2 Å². The quantitative estimate of drug-likeness (QED) is 0.707. The number of ether oxygens (including phenoxy) is 1. The van der Waals surface area contributed by atoms with E-state index < -0.39 is 0 Å². The summed E-state index contributed by atoms with van der Waals surface area (Å²) in [6.45, 7) is 0. The van der Waals surface area contributed by atoms with Gasteiger partial charge in [0.25, 0.3) is 0 Å². The van der Waals surface area contributed by atoms with E-state index in [0.29, 0.717) is 5.56 Å². The van der Waals surface area contributed by atoms with Crippen molar-refractivity contribution >= 4 is 28.3 Å². The van der Waals surface area contributed by atoms with Gasteiger partial charge in [-0.15, -0.1) is 0 Å². The number of imidazole rings is 1. The highest BCUT2D eigenvalue weighted by molar-refractivity contribution is 5.94.